The first-order valence-corrected chi connectivity index (χ1v) is 7.10. The third kappa shape index (κ3) is 4.42. The minimum atomic E-state index is 0.608. The molecule has 0 fully saturated rings. The highest BCUT2D eigenvalue weighted by Crippen LogP contribution is 2.43. The maximum Gasteiger partial charge on any atom is 0.205 e. The van der Waals surface area contributed by atoms with Gasteiger partial charge in [0.2, 0.25) is 5.75 Å². The fourth-order valence-corrected chi connectivity index (χ4v) is 1.90. The van der Waals surface area contributed by atoms with Gasteiger partial charge >= 0.3 is 0 Å². The molecule has 3 heteroatoms. The van der Waals surface area contributed by atoms with E-state index in [0.29, 0.717) is 23.9 Å². The first-order valence-electron chi connectivity index (χ1n) is 7.10. The lowest BCUT2D eigenvalue weighted by molar-refractivity contribution is 0.280. The summed E-state index contributed by atoms with van der Waals surface area (Å²) in [5.41, 5.74) is 1.93. The van der Waals surface area contributed by atoms with E-state index in [4.69, 9.17) is 14.2 Å². The quantitative estimate of drug-likeness (QED) is 0.503. The molecule has 0 spiro atoms. The van der Waals surface area contributed by atoms with Gasteiger partial charge in [-0.2, -0.15) is 0 Å². The molecule has 0 saturated carbocycles. The summed E-state index contributed by atoms with van der Waals surface area (Å²) in [6.07, 6.45) is 9.93. The Morgan fingerprint density at radius 1 is 1.24 bits per heavy atom. The summed E-state index contributed by atoms with van der Waals surface area (Å²) in [7, 11) is 1.63. The molecule has 1 rings (SSSR count). The number of hydrogen-bond acceptors (Lipinski definition) is 3. The zero-order valence-corrected chi connectivity index (χ0v) is 13.3. The summed E-state index contributed by atoms with van der Waals surface area (Å²) >= 11 is 0. The lowest BCUT2D eigenvalue weighted by Gasteiger charge is -2.18. The van der Waals surface area contributed by atoms with Gasteiger partial charge in [-0.05, 0) is 31.9 Å². The second-order valence-electron chi connectivity index (χ2n) is 4.50. The molecule has 1 aromatic rings. The van der Waals surface area contributed by atoms with Crippen LogP contribution in [0.25, 0.3) is 6.08 Å². The van der Waals surface area contributed by atoms with E-state index in [2.05, 4.69) is 13.5 Å². The molecule has 0 unspecified atom stereocenters. The number of aryl methyl sites for hydroxylation is 1. The van der Waals surface area contributed by atoms with Gasteiger partial charge in [0, 0.05) is 5.56 Å². The van der Waals surface area contributed by atoms with Crippen molar-refractivity contribution in [2.24, 2.45) is 0 Å². The molecule has 0 amide bonds. The topological polar surface area (TPSA) is 27.7 Å². The van der Waals surface area contributed by atoms with E-state index in [9.17, 15) is 0 Å². The van der Waals surface area contributed by atoms with Crippen LogP contribution in [0.15, 0.2) is 37.1 Å². The highest BCUT2D eigenvalue weighted by molar-refractivity contribution is 5.69. The minimum absolute atomic E-state index is 0.608. The van der Waals surface area contributed by atoms with Crippen molar-refractivity contribution in [1.29, 1.82) is 0 Å². The van der Waals surface area contributed by atoms with Gasteiger partial charge < -0.3 is 14.2 Å². The smallest absolute Gasteiger partial charge is 0.205 e. The fraction of sp³-hybridized carbons (Fsp3) is 0.333. The molecule has 3 nitrogen and oxygen atoms in total. The van der Waals surface area contributed by atoms with Crippen LogP contribution in [0, 0.1) is 6.92 Å². The Morgan fingerprint density at radius 3 is 2.57 bits per heavy atom. The second-order valence-corrected chi connectivity index (χ2v) is 4.50. The van der Waals surface area contributed by atoms with Gasteiger partial charge in [0.25, 0.3) is 0 Å². The molecule has 0 heterocycles. The molecule has 21 heavy (non-hydrogen) atoms. The number of rotatable bonds is 8. The summed E-state index contributed by atoms with van der Waals surface area (Å²) in [5.74, 6) is 2.00. The van der Waals surface area contributed by atoms with E-state index in [-0.39, 0.29) is 0 Å². The van der Waals surface area contributed by atoms with E-state index in [1.165, 1.54) is 0 Å². The zero-order valence-electron chi connectivity index (χ0n) is 13.3. The highest BCUT2D eigenvalue weighted by atomic mass is 16.5. The molecular weight excluding hydrogens is 264 g/mol. The summed E-state index contributed by atoms with van der Waals surface area (Å²) in [6.45, 7) is 10.3. The van der Waals surface area contributed by atoms with Crippen LogP contribution in [0.2, 0.25) is 0 Å². The van der Waals surface area contributed by atoms with Crippen LogP contribution in [0.4, 0.5) is 0 Å². The first kappa shape index (κ1) is 16.9. The third-order valence-electron chi connectivity index (χ3n) is 2.79. The number of hydrogen-bond donors (Lipinski definition) is 0. The monoisotopic (exact) mass is 288 g/mol. The van der Waals surface area contributed by atoms with Crippen molar-refractivity contribution in [1.82, 2.24) is 0 Å². The number of allylic oxidation sites excluding steroid dienone is 3. The van der Waals surface area contributed by atoms with Gasteiger partial charge in [0.15, 0.2) is 11.5 Å². The Hall–Kier alpha value is -2.16. The molecule has 0 bridgehead atoms. The summed E-state index contributed by atoms with van der Waals surface area (Å²) in [4.78, 5) is 0. The van der Waals surface area contributed by atoms with E-state index in [0.717, 1.165) is 17.5 Å². The molecule has 0 aromatic heterocycles. The number of methoxy groups -OCH3 is 1. The average molecular weight is 288 g/mol. The lowest BCUT2D eigenvalue weighted by Crippen LogP contribution is -2.03. The van der Waals surface area contributed by atoms with Crippen molar-refractivity contribution >= 4 is 6.08 Å². The van der Waals surface area contributed by atoms with Gasteiger partial charge in [0.05, 0.1) is 20.0 Å². The van der Waals surface area contributed by atoms with Gasteiger partial charge in [-0.25, -0.2) is 0 Å². The minimum Gasteiger partial charge on any atom is -0.492 e. The third-order valence-corrected chi connectivity index (χ3v) is 2.79. The van der Waals surface area contributed by atoms with Crippen molar-refractivity contribution < 1.29 is 14.2 Å². The molecule has 0 atom stereocenters. The van der Waals surface area contributed by atoms with Crippen LogP contribution in [-0.4, -0.2) is 13.7 Å². The molecule has 0 aliphatic carbocycles. The molecule has 114 valence electrons. The Kier molecular flexibility index (Phi) is 7.16. The molecular formula is C18H24O3. The van der Waals surface area contributed by atoms with E-state index in [1.54, 1.807) is 19.4 Å². The normalized spacial score (nSPS) is 11.0. The highest BCUT2D eigenvalue weighted by Gasteiger charge is 2.18. The SMILES string of the molecule is C=C/C=C\c1cc(C)c(O/C=C\C)c(OCCC)c1OC. The Balaban J connectivity index is 3.42. The van der Waals surface area contributed by atoms with Crippen molar-refractivity contribution in [3.63, 3.8) is 0 Å². The van der Waals surface area contributed by atoms with E-state index >= 15 is 0 Å². The van der Waals surface area contributed by atoms with E-state index in [1.807, 2.05) is 38.1 Å². The fourth-order valence-electron chi connectivity index (χ4n) is 1.90. The van der Waals surface area contributed by atoms with Crippen LogP contribution < -0.4 is 14.2 Å². The van der Waals surface area contributed by atoms with Crippen LogP contribution in [0.1, 0.15) is 31.4 Å². The Labute approximate surface area is 127 Å². The van der Waals surface area contributed by atoms with E-state index < -0.39 is 0 Å². The molecule has 0 radical (unpaired) electrons. The predicted octanol–water partition coefficient (Wildman–Crippen LogP) is 4.90. The molecule has 0 N–H and O–H groups in total. The predicted molar refractivity (Wildman–Crippen MR) is 88.2 cm³/mol. The maximum atomic E-state index is 5.86. The van der Waals surface area contributed by atoms with Crippen LogP contribution in [0.5, 0.6) is 17.2 Å². The van der Waals surface area contributed by atoms with Crippen LogP contribution in [0.3, 0.4) is 0 Å². The summed E-state index contributed by atoms with van der Waals surface area (Å²) in [6, 6.07) is 2.01. The average Bonchev–Trinajstić information content (AvgIpc) is 2.49. The van der Waals surface area contributed by atoms with Crippen LogP contribution >= 0.6 is 0 Å². The zero-order chi connectivity index (χ0) is 15.7. The van der Waals surface area contributed by atoms with Gasteiger partial charge in [-0.1, -0.05) is 37.8 Å². The van der Waals surface area contributed by atoms with Gasteiger partial charge in [0.1, 0.15) is 0 Å². The van der Waals surface area contributed by atoms with Crippen molar-refractivity contribution in [3.8, 4) is 17.2 Å². The van der Waals surface area contributed by atoms with Gasteiger partial charge in [-0.15, -0.1) is 0 Å². The number of benzene rings is 1. The standard InChI is InChI=1S/C18H24O3/c1-6-9-10-15-13-14(4)16(20-11-7-2)18(17(15)19-5)21-12-8-3/h6-7,9-11,13H,1,8,12H2,2-5H3/b10-9-,11-7-. The van der Waals surface area contributed by atoms with Crippen LogP contribution in [-0.2, 0) is 0 Å². The van der Waals surface area contributed by atoms with Gasteiger partial charge in [-0.3, -0.25) is 0 Å². The summed E-state index contributed by atoms with van der Waals surface area (Å²) < 4.78 is 17.1. The maximum absolute atomic E-state index is 5.86. The van der Waals surface area contributed by atoms with Crippen molar-refractivity contribution in [2.75, 3.05) is 13.7 Å². The first-order chi connectivity index (χ1) is 10.2. The van der Waals surface area contributed by atoms with Crippen molar-refractivity contribution in [3.05, 3.63) is 48.3 Å². The molecule has 1 aromatic carbocycles. The molecule has 0 aliphatic heterocycles. The Bertz CT molecular complexity index is 528. The number of ether oxygens (including phenoxy) is 3. The summed E-state index contributed by atoms with van der Waals surface area (Å²) in [5, 5.41) is 0. The molecule has 0 saturated heterocycles. The lowest BCUT2D eigenvalue weighted by atomic mass is 10.1. The van der Waals surface area contributed by atoms with Crippen molar-refractivity contribution in [2.45, 2.75) is 27.2 Å². The Morgan fingerprint density at radius 2 is 2.00 bits per heavy atom. The molecule has 0 aliphatic rings. The largest absolute Gasteiger partial charge is 0.492 e. The second kappa shape index (κ2) is 8.90.